The molecule has 34 heavy (non-hydrogen) atoms. The first kappa shape index (κ1) is 24.0. The van der Waals surface area contributed by atoms with Gasteiger partial charge in [0.1, 0.15) is 10.8 Å². The number of carboxylic acid groups (broad SMARTS) is 1. The van der Waals surface area contributed by atoms with E-state index in [4.69, 9.17) is 4.98 Å². The molecule has 3 bridgehead atoms. The molecule has 4 fully saturated rings. The molecule has 0 radical (unpaired) electrons. The number of anilines is 1. The molecule has 5 atom stereocenters. The van der Waals surface area contributed by atoms with Gasteiger partial charge in [-0.15, -0.1) is 11.8 Å². The molecule has 2 heterocycles. The molecule has 1 aliphatic heterocycles. The van der Waals surface area contributed by atoms with E-state index in [0.717, 1.165) is 86.0 Å². The number of piperidine rings is 1. The third-order valence-electron chi connectivity index (χ3n) is 8.72. The van der Waals surface area contributed by atoms with Crippen molar-refractivity contribution in [2.45, 2.75) is 88.1 Å². The van der Waals surface area contributed by atoms with E-state index in [1.165, 1.54) is 25.7 Å². The highest BCUT2D eigenvalue weighted by Gasteiger charge is 2.50. The van der Waals surface area contributed by atoms with Gasteiger partial charge in [0.2, 0.25) is 0 Å². The lowest BCUT2D eigenvalue weighted by Crippen LogP contribution is -2.51. The van der Waals surface area contributed by atoms with Crippen LogP contribution < -0.4 is 10.2 Å². The van der Waals surface area contributed by atoms with Crippen LogP contribution in [-0.4, -0.2) is 46.3 Å². The molecule has 2 N–H and O–H groups in total. The fourth-order valence-corrected chi connectivity index (χ4v) is 8.27. The first-order valence-corrected chi connectivity index (χ1v) is 14.4. The first-order chi connectivity index (χ1) is 16.4. The molecule has 0 aromatic carbocycles. The van der Waals surface area contributed by atoms with E-state index < -0.39 is 5.97 Å². The van der Waals surface area contributed by atoms with Crippen LogP contribution in [-0.2, 0) is 4.79 Å². The summed E-state index contributed by atoms with van der Waals surface area (Å²) < 4.78 is 0. The maximum Gasteiger partial charge on any atom is 0.303 e. The lowest BCUT2D eigenvalue weighted by Gasteiger charge is -2.41. The molecule has 1 amide bonds. The number of carbonyl (C=O) groups excluding carboxylic acids is 1. The van der Waals surface area contributed by atoms with E-state index >= 15 is 0 Å². The minimum absolute atomic E-state index is 0.0296. The van der Waals surface area contributed by atoms with Gasteiger partial charge in [0.05, 0.1) is 5.56 Å². The van der Waals surface area contributed by atoms with Gasteiger partial charge in [0, 0.05) is 25.0 Å². The maximum absolute atomic E-state index is 13.6. The Morgan fingerprint density at radius 1 is 1.21 bits per heavy atom. The van der Waals surface area contributed by atoms with Crippen LogP contribution in [0.15, 0.2) is 17.2 Å². The van der Waals surface area contributed by atoms with Gasteiger partial charge >= 0.3 is 5.97 Å². The van der Waals surface area contributed by atoms with Gasteiger partial charge < -0.3 is 15.3 Å². The normalized spacial score (nSPS) is 32.4. The molecule has 1 aromatic heterocycles. The molecule has 4 unspecified atom stereocenters. The monoisotopic (exact) mass is 485 g/mol. The predicted molar refractivity (Wildman–Crippen MR) is 135 cm³/mol. The Hall–Kier alpha value is -1.76. The zero-order valence-electron chi connectivity index (χ0n) is 20.4. The summed E-state index contributed by atoms with van der Waals surface area (Å²) in [6.07, 6.45) is 11.9. The molecule has 1 aromatic rings. The second-order valence-corrected chi connectivity index (χ2v) is 12.4. The van der Waals surface area contributed by atoms with E-state index in [-0.39, 0.29) is 23.8 Å². The smallest absolute Gasteiger partial charge is 0.303 e. The van der Waals surface area contributed by atoms with Crippen molar-refractivity contribution in [1.82, 2.24) is 10.3 Å². The molecule has 7 heteroatoms. The average molecular weight is 486 g/mol. The highest BCUT2D eigenvalue weighted by molar-refractivity contribution is 7.99. The highest BCUT2D eigenvalue weighted by Crippen LogP contribution is 2.55. The van der Waals surface area contributed by atoms with Crippen LogP contribution in [0.3, 0.4) is 0 Å². The second-order valence-electron chi connectivity index (χ2n) is 11.3. The minimum Gasteiger partial charge on any atom is -0.481 e. The molecular formula is C27H39N3O3S. The van der Waals surface area contributed by atoms with Crippen LogP contribution in [0.1, 0.15) is 87.9 Å². The van der Waals surface area contributed by atoms with Crippen molar-refractivity contribution in [3.8, 4) is 0 Å². The number of nitrogens with one attached hydrogen (secondary N) is 1. The average Bonchev–Trinajstić information content (AvgIpc) is 3.03. The second kappa shape index (κ2) is 10.1. The van der Waals surface area contributed by atoms with E-state index in [2.05, 4.69) is 17.1 Å². The summed E-state index contributed by atoms with van der Waals surface area (Å²) in [4.78, 5) is 32.0. The zero-order valence-corrected chi connectivity index (χ0v) is 21.2. The molecule has 1 saturated heterocycles. The molecule has 5 rings (SSSR count). The van der Waals surface area contributed by atoms with E-state index in [1.807, 2.05) is 12.1 Å². The van der Waals surface area contributed by atoms with Crippen molar-refractivity contribution in [3.05, 3.63) is 17.7 Å². The van der Waals surface area contributed by atoms with Crippen molar-refractivity contribution in [2.24, 2.45) is 23.7 Å². The van der Waals surface area contributed by atoms with Gasteiger partial charge in [-0.05, 0) is 92.9 Å². The van der Waals surface area contributed by atoms with E-state index in [9.17, 15) is 14.7 Å². The SMILES string of the molecule is CCCSc1nc(N2CCC[C@@H](CC(=O)O)C2)ccc1C(=O)NC12CCCC3CC(CC3C1)C2. The Bertz CT molecular complexity index is 924. The predicted octanol–water partition coefficient (Wildman–Crippen LogP) is 5.36. The van der Waals surface area contributed by atoms with Crippen molar-refractivity contribution < 1.29 is 14.7 Å². The first-order valence-electron chi connectivity index (χ1n) is 13.4. The number of nitrogens with zero attached hydrogens (tertiary/aromatic N) is 2. The van der Waals surface area contributed by atoms with Crippen molar-refractivity contribution in [3.63, 3.8) is 0 Å². The number of amides is 1. The van der Waals surface area contributed by atoms with Crippen LogP contribution in [0.2, 0.25) is 0 Å². The maximum atomic E-state index is 13.6. The molecular weight excluding hydrogens is 446 g/mol. The number of pyridine rings is 1. The van der Waals surface area contributed by atoms with Crippen LogP contribution in [0.25, 0.3) is 0 Å². The van der Waals surface area contributed by atoms with Crippen LogP contribution >= 0.6 is 11.8 Å². The third kappa shape index (κ3) is 5.09. The summed E-state index contributed by atoms with van der Waals surface area (Å²) in [5.74, 6) is 3.74. The number of thioether (sulfide) groups is 1. The molecule has 3 aliphatic carbocycles. The minimum atomic E-state index is -0.730. The number of hydrogen-bond donors (Lipinski definition) is 2. The summed E-state index contributed by atoms with van der Waals surface area (Å²) in [7, 11) is 0. The van der Waals surface area contributed by atoms with Gasteiger partial charge in [-0.1, -0.05) is 19.8 Å². The van der Waals surface area contributed by atoms with Gasteiger partial charge in [-0.3, -0.25) is 9.59 Å². The van der Waals surface area contributed by atoms with Crippen molar-refractivity contribution >= 4 is 29.5 Å². The summed E-state index contributed by atoms with van der Waals surface area (Å²) >= 11 is 1.67. The number of carbonyl (C=O) groups is 2. The Morgan fingerprint density at radius 3 is 2.88 bits per heavy atom. The van der Waals surface area contributed by atoms with Gasteiger partial charge in [-0.2, -0.15) is 0 Å². The number of carboxylic acids is 1. The third-order valence-corrected chi connectivity index (χ3v) is 9.92. The number of aromatic nitrogens is 1. The number of fused-ring (bicyclic) bond motifs is 2. The summed E-state index contributed by atoms with van der Waals surface area (Å²) in [6.45, 7) is 3.76. The Labute approximate surface area is 207 Å². The number of hydrogen-bond acceptors (Lipinski definition) is 5. The largest absolute Gasteiger partial charge is 0.481 e. The number of aliphatic carboxylic acids is 1. The Morgan fingerprint density at radius 2 is 2.06 bits per heavy atom. The van der Waals surface area contributed by atoms with Crippen molar-refractivity contribution in [2.75, 3.05) is 23.7 Å². The van der Waals surface area contributed by atoms with Gasteiger partial charge in [-0.25, -0.2) is 4.98 Å². The molecule has 0 spiro atoms. The van der Waals surface area contributed by atoms with E-state index in [1.54, 1.807) is 11.8 Å². The van der Waals surface area contributed by atoms with Crippen LogP contribution in [0.5, 0.6) is 0 Å². The van der Waals surface area contributed by atoms with Gasteiger partial charge in [0.15, 0.2) is 0 Å². The summed E-state index contributed by atoms with van der Waals surface area (Å²) in [6, 6.07) is 3.93. The quantitative estimate of drug-likeness (QED) is 0.482. The molecule has 186 valence electrons. The zero-order chi connectivity index (χ0) is 23.7. The number of rotatable bonds is 8. The van der Waals surface area contributed by atoms with Crippen LogP contribution in [0, 0.1) is 23.7 Å². The fourth-order valence-electron chi connectivity index (χ4n) is 7.40. The Kier molecular flexibility index (Phi) is 7.10. The topological polar surface area (TPSA) is 82.5 Å². The van der Waals surface area contributed by atoms with E-state index in [0.29, 0.717) is 5.56 Å². The lowest BCUT2D eigenvalue weighted by atomic mass is 9.73. The summed E-state index contributed by atoms with van der Waals surface area (Å²) in [5.41, 5.74) is 0.674. The summed E-state index contributed by atoms with van der Waals surface area (Å²) in [5, 5.41) is 13.6. The van der Waals surface area contributed by atoms with Crippen molar-refractivity contribution in [1.29, 1.82) is 0 Å². The molecule has 4 aliphatic rings. The fraction of sp³-hybridized carbons (Fsp3) is 0.741. The highest BCUT2D eigenvalue weighted by atomic mass is 32.2. The Balaban J connectivity index is 1.34. The van der Waals surface area contributed by atoms with Crippen LogP contribution in [0.4, 0.5) is 5.82 Å². The van der Waals surface area contributed by atoms with Gasteiger partial charge in [0.25, 0.3) is 5.91 Å². The lowest BCUT2D eigenvalue weighted by molar-refractivity contribution is -0.138. The standard InChI is InChI=1S/C27H39N3O3S/c1-2-11-34-26-22(7-8-23(28-26)30-10-4-5-18(17-30)14-24(31)32)25(33)29-27-9-3-6-20-12-19(15-27)13-21(20)16-27/h7-8,18-21H,2-6,9-17H2,1H3,(H,29,33)(H,31,32)/t18-,19?,20?,21?,27?/m0/s1. The molecule has 3 saturated carbocycles. The molecule has 6 nitrogen and oxygen atoms in total.